The Bertz CT molecular complexity index is 751. The monoisotopic (exact) mass is 338 g/mol. The van der Waals surface area contributed by atoms with Gasteiger partial charge in [-0.05, 0) is 6.42 Å². The number of hydrogen-bond acceptors (Lipinski definition) is 4. The average molecular weight is 338 g/mol. The molecular formula is C15H20F2N6O. The Morgan fingerprint density at radius 3 is 3.00 bits per heavy atom. The van der Waals surface area contributed by atoms with Gasteiger partial charge in [0.15, 0.2) is 0 Å². The highest BCUT2D eigenvalue weighted by molar-refractivity contribution is 5.73. The number of fused-ring (bicyclic) bond motifs is 1. The quantitative estimate of drug-likeness (QED) is 0.829. The molecule has 0 spiro atoms. The molecule has 0 bridgehead atoms. The van der Waals surface area contributed by atoms with E-state index >= 15 is 0 Å². The number of halogens is 2. The highest BCUT2D eigenvalue weighted by atomic mass is 19.3. The first kappa shape index (κ1) is 16.4. The van der Waals surface area contributed by atoms with E-state index in [2.05, 4.69) is 15.5 Å². The lowest BCUT2D eigenvalue weighted by Crippen LogP contribution is -2.27. The number of carbonyl (C=O) groups is 1. The number of amides is 1. The van der Waals surface area contributed by atoms with Crippen LogP contribution in [0.4, 0.5) is 14.6 Å². The Balaban J connectivity index is 1.66. The third-order valence-electron chi connectivity index (χ3n) is 4.19. The molecule has 3 N–H and O–H groups in total. The van der Waals surface area contributed by atoms with Gasteiger partial charge in [0.05, 0.1) is 12.2 Å². The molecular weight excluding hydrogens is 318 g/mol. The van der Waals surface area contributed by atoms with Crippen molar-refractivity contribution in [1.29, 1.82) is 0 Å². The number of nitrogens with two attached hydrogens (primary N) is 1. The van der Waals surface area contributed by atoms with Crippen LogP contribution in [0.3, 0.4) is 0 Å². The van der Waals surface area contributed by atoms with Crippen molar-refractivity contribution in [3.05, 3.63) is 29.2 Å². The van der Waals surface area contributed by atoms with Crippen LogP contribution in [0.1, 0.15) is 29.8 Å². The second kappa shape index (κ2) is 6.21. The van der Waals surface area contributed by atoms with E-state index in [1.807, 2.05) is 0 Å². The fourth-order valence-corrected chi connectivity index (χ4v) is 2.95. The van der Waals surface area contributed by atoms with Gasteiger partial charge in [-0.2, -0.15) is 10.2 Å². The molecule has 0 aliphatic heterocycles. The van der Waals surface area contributed by atoms with Crippen molar-refractivity contribution in [2.45, 2.75) is 44.7 Å². The maximum absolute atomic E-state index is 13.7. The van der Waals surface area contributed by atoms with Crippen LogP contribution in [-0.2, 0) is 37.8 Å². The fourth-order valence-electron chi connectivity index (χ4n) is 2.95. The molecule has 24 heavy (non-hydrogen) atoms. The molecule has 130 valence electrons. The topological polar surface area (TPSA) is 90.8 Å². The number of anilines is 1. The number of nitrogens with one attached hydrogen (secondary N) is 1. The molecule has 2 aromatic heterocycles. The lowest BCUT2D eigenvalue weighted by molar-refractivity contribution is -0.118. The normalized spacial score (nSPS) is 16.0. The summed E-state index contributed by atoms with van der Waals surface area (Å²) in [6.07, 6.45) is 1.89. The summed E-state index contributed by atoms with van der Waals surface area (Å²) in [6, 6.07) is 1.75. The van der Waals surface area contributed by atoms with Gasteiger partial charge in [0.1, 0.15) is 5.82 Å². The van der Waals surface area contributed by atoms with Crippen molar-refractivity contribution in [3.63, 3.8) is 0 Å². The van der Waals surface area contributed by atoms with Gasteiger partial charge in [-0.15, -0.1) is 0 Å². The summed E-state index contributed by atoms with van der Waals surface area (Å²) < 4.78 is 30.7. The molecule has 2 heterocycles. The van der Waals surface area contributed by atoms with Crippen LogP contribution < -0.4 is 11.1 Å². The molecule has 0 saturated carbocycles. The Morgan fingerprint density at radius 2 is 2.25 bits per heavy atom. The van der Waals surface area contributed by atoms with E-state index in [0.717, 1.165) is 5.69 Å². The molecule has 1 amide bonds. The minimum absolute atomic E-state index is 0.128. The molecule has 0 radical (unpaired) electrons. The molecule has 0 saturated heterocycles. The number of hydrogen-bond donors (Lipinski definition) is 2. The minimum Gasteiger partial charge on any atom is -0.370 e. The third kappa shape index (κ3) is 3.55. The largest absolute Gasteiger partial charge is 0.370 e. The second-order valence-corrected chi connectivity index (χ2v) is 6.06. The van der Waals surface area contributed by atoms with E-state index in [1.165, 1.54) is 0 Å². The summed E-state index contributed by atoms with van der Waals surface area (Å²) in [7, 11) is 1.78. The molecule has 3 rings (SSSR count). The van der Waals surface area contributed by atoms with Crippen LogP contribution in [0.25, 0.3) is 0 Å². The van der Waals surface area contributed by atoms with Crippen LogP contribution in [-0.4, -0.2) is 31.4 Å². The molecule has 0 aromatic carbocycles. The molecule has 9 heteroatoms. The van der Waals surface area contributed by atoms with Gasteiger partial charge in [0, 0.05) is 56.4 Å². The molecule has 1 aliphatic rings. The number of aromatic nitrogens is 4. The number of primary amides is 1. The van der Waals surface area contributed by atoms with Gasteiger partial charge in [-0.25, -0.2) is 8.78 Å². The number of nitrogens with zero attached hydrogens (tertiary/aromatic N) is 4. The van der Waals surface area contributed by atoms with E-state index < -0.39 is 5.92 Å². The Hall–Kier alpha value is -2.45. The zero-order valence-corrected chi connectivity index (χ0v) is 13.4. The summed E-state index contributed by atoms with van der Waals surface area (Å²) in [5.74, 6) is -2.45. The molecule has 0 unspecified atom stereocenters. The van der Waals surface area contributed by atoms with E-state index in [-0.39, 0.29) is 25.2 Å². The lowest BCUT2D eigenvalue weighted by Gasteiger charge is -2.22. The fraction of sp³-hybridized carbons (Fsp3) is 0.533. The van der Waals surface area contributed by atoms with E-state index in [0.29, 0.717) is 36.6 Å². The van der Waals surface area contributed by atoms with Crippen molar-refractivity contribution in [1.82, 2.24) is 19.6 Å². The molecule has 0 atom stereocenters. The first-order valence-corrected chi connectivity index (χ1v) is 7.81. The highest BCUT2D eigenvalue weighted by Crippen LogP contribution is 2.34. The average Bonchev–Trinajstić information content (AvgIpc) is 3.07. The molecule has 2 aromatic rings. The summed E-state index contributed by atoms with van der Waals surface area (Å²) in [4.78, 5) is 10.8. The Labute approximate surface area is 137 Å². The first-order chi connectivity index (χ1) is 11.3. The molecule has 0 fully saturated rings. The van der Waals surface area contributed by atoms with E-state index in [1.54, 1.807) is 28.7 Å². The predicted octanol–water partition coefficient (Wildman–Crippen LogP) is 1.23. The zero-order chi connectivity index (χ0) is 17.3. The summed E-state index contributed by atoms with van der Waals surface area (Å²) in [6.45, 7) is 0.730. The van der Waals surface area contributed by atoms with Crippen molar-refractivity contribution < 1.29 is 13.6 Å². The SMILES string of the molecule is Cn1nc(CNc2ccn(CCC(N)=O)n2)c2c1CCC(F)(F)C2. The van der Waals surface area contributed by atoms with Gasteiger partial charge in [0.2, 0.25) is 5.91 Å². The minimum atomic E-state index is -2.67. The predicted molar refractivity (Wildman–Crippen MR) is 83.5 cm³/mol. The maximum atomic E-state index is 13.7. The number of alkyl halides is 2. The first-order valence-electron chi connectivity index (χ1n) is 7.81. The van der Waals surface area contributed by atoms with Crippen molar-refractivity contribution >= 4 is 11.7 Å². The van der Waals surface area contributed by atoms with Crippen LogP contribution >= 0.6 is 0 Å². The van der Waals surface area contributed by atoms with Crippen LogP contribution in [0.2, 0.25) is 0 Å². The maximum Gasteiger partial charge on any atom is 0.252 e. The van der Waals surface area contributed by atoms with Gasteiger partial charge >= 0.3 is 0 Å². The summed E-state index contributed by atoms with van der Waals surface area (Å²) >= 11 is 0. The Morgan fingerprint density at radius 1 is 1.46 bits per heavy atom. The highest BCUT2D eigenvalue weighted by Gasteiger charge is 2.37. The smallest absolute Gasteiger partial charge is 0.252 e. The van der Waals surface area contributed by atoms with Gasteiger partial charge in [-0.3, -0.25) is 14.2 Å². The van der Waals surface area contributed by atoms with Crippen LogP contribution in [0, 0.1) is 0 Å². The Kier molecular flexibility index (Phi) is 4.25. The van der Waals surface area contributed by atoms with Crippen LogP contribution in [0.5, 0.6) is 0 Å². The van der Waals surface area contributed by atoms with Gasteiger partial charge < -0.3 is 11.1 Å². The summed E-state index contributed by atoms with van der Waals surface area (Å²) in [5, 5.41) is 11.7. The molecule has 1 aliphatic carbocycles. The van der Waals surface area contributed by atoms with Crippen molar-refractivity contribution in [3.8, 4) is 0 Å². The third-order valence-corrected chi connectivity index (χ3v) is 4.19. The number of carbonyl (C=O) groups excluding carboxylic acids is 1. The van der Waals surface area contributed by atoms with E-state index in [4.69, 9.17) is 5.73 Å². The number of rotatable bonds is 6. The standard InChI is InChI=1S/C15H20F2N6O/c1-22-12-2-5-15(16,17)8-10(12)11(20-22)9-19-14-4-7-23(21-14)6-3-13(18)24/h4,7H,2-3,5-6,8-9H2,1H3,(H2,18,24)(H,19,21). The second-order valence-electron chi connectivity index (χ2n) is 6.06. The van der Waals surface area contributed by atoms with Crippen molar-refractivity contribution in [2.24, 2.45) is 12.8 Å². The van der Waals surface area contributed by atoms with Crippen molar-refractivity contribution in [2.75, 3.05) is 5.32 Å². The number of aryl methyl sites for hydroxylation is 2. The van der Waals surface area contributed by atoms with Crippen LogP contribution in [0.15, 0.2) is 12.3 Å². The lowest BCUT2D eigenvalue weighted by atomic mass is 9.92. The molecule has 7 nitrogen and oxygen atoms in total. The van der Waals surface area contributed by atoms with E-state index in [9.17, 15) is 13.6 Å². The van der Waals surface area contributed by atoms with Gasteiger partial charge in [-0.1, -0.05) is 0 Å². The van der Waals surface area contributed by atoms with Gasteiger partial charge in [0.25, 0.3) is 5.92 Å². The zero-order valence-electron chi connectivity index (χ0n) is 13.4. The summed E-state index contributed by atoms with van der Waals surface area (Å²) in [5.41, 5.74) is 7.24.